The molecule has 0 aliphatic carbocycles. The van der Waals surface area contributed by atoms with Gasteiger partial charge in [0.05, 0.1) is 22.3 Å². The van der Waals surface area contributed by atoms with Crippen molar-refractivity contribution in [3.05, 3.63) is 54.9 Å². The van der Waals surface area contributed by atoms with Crippen molar-refractivity contribution in [2.45, 2.75) is 30.7 Å². The van der Waals surface area contributed by atoms with Crippen molar-refractivity contribution in [3.8, 4) is 0 Å². The first-order valence-electron chi connectivity index (χ1n) is 10.4. The van der Waals surface area contributed by atoms with Crippen LogP contribution in [-0.4, -0.2) is 53.8 Å². The summed E-state index contributed by atoms with van der Waals surface area (Å²) >= 11 is 0. The van der Waals surface area contributed by atoms with E-state index >= 15 is 0 Å². The van der Waals surface area contributed by atoms with Crippen LogP contribution in [0.5, 0.6) is 0 Å². The fraction of sp³-hybridized carbons (Fsp3) is 0.318. The lowest BCUT2D eigenvalue weighted by Crippen LogP contribution is -2.35. The number of fused-ring (bicyclic) bond motifs is 1. The Labute approximate surface area is 186 Å². The molecule has 2 aromatic carbocycles. The van der Waals surface area contributed by atoms with Crippen molar-refractivity contribution < 1.29 is 22.7 Å². The second-order valence-electron chi connectivity index (χ2n) is 7.56. The number of amides is 1. The van der Waals surface area contributed by atoms with Crippen LogP contribution in [0.2, 0.25) is 0 Å². The molecular weight excluding hydrogens is 432 g/mol. The minimum Gasteiger partial charge on any atom is -0.454 e. The number of piperidine rings is 1. The van der Waals surface area contributed by atoms with E-state index in [1.807, 2.05) is 24.3 Å². The fourth-order valence-corrected chi connectivity index (χ4v) is 5.15. The lowest BCUT2D eigenvalue weighted by molar-refractivity contribution is -0.147. The Bertz CT molecular complexity index is 1210. The first-order chi connectivity index (χ1) is 15.4. The smallest absolute Gasteiger partial charge is 0.326 e. The normalized spacial score (nSPS) is 14.9. The zero-order valence-corrected chi connectivity index (χ0v) is 18.3. The number of sulfonamides is 1. The number of hydrogen-bond acceptors (Lipinski definition) is 6. The van der Waals surface area contributed by atoms with E-state index in [1.54, 1.807) is 10.9 Å². The zero-order chi connectivity index (χ0) is 22.6. The van der Waals surface area contributed by atoms with Crippen LogP contribution in [0.15, 0.2) is 59.8 Å². The Morgan fingerprint density at radius 2 is 1.72 bits per heavy atom. The van der Waals surface area contributed by atoms with Crippen molar-refractivity contribution in [1.29, 1.82) is 0 Å². The van der Waals surface area contributed by atoms with Gasteiger partial charge in [-0.05, 0) is 49.2 Å². The molecule has 3 aromatic rings. The second kappa shape index (κ2) is 9.49. The lowest BCUT2D eigenvalue weighted by Gasteiger charge is -2.25. The summed E-state index contributed by atoms with van der Waals surface area (Å²) in [6.45, 7) is 0.554. The zero-order valence-electron chi connectivity index (χ0n) is 17.4. The molecule has 1 aromatic heterocycles. The van der Waals surface area contributed by atoms with Crippen LogP contribution < -0.4 is 5.32 Å². The third kappa shape index (κ3) is 4.97. The third-order valence-electron chi connectivity index (χ3n) is 5.28. The molecule has 0 unspecified atom stereocenters. The Hall–Kier alpha value is -3.24. The lowest BCUT2D eigenvalue weighted by atomic mass is 10.2. The molecule has 1 saturated heterocycles. The number of aromatic nitrogens is 2. The number of carbonyl (C=O) groups excluding carboxylic acids is 2. The van der Waals surface area contributed by atoms with E-state index < -0.39 is 28.5 Å². The molecule has 0 saturated carbocycles. The molecule has 1 aliphatic heterocycles. The SMILES string of the molecule is O=C(COC(=O)Cn1cnc2ccccc21)Nc1ccc(S(=O)(=O)N2CCCCC2)cc1. The topological polar surface area (TPSA) is 111 Å². The van der Waals surface area contributed by atoms with Crippen LogP contribution in [0, 0.1) is 0 Å². The highest BCUT2D eigenvalue weighted by atomic mass is 32.2. The van der Waals surface area contributed by atoms with Crippen molar-refractivity contribution in [2.75, 3.05) is 25.0 Å². The summed E-state index contributed by atoms with van der Waals surface area (Å²) in [7, 11) is -3.53. The Balaban J connectivity index is 1.29. The van der Waals surface area contributed by atoms with Crippen molar-refractivity contribution in [3.63, 3.8) is 0 Å². The average molecular weight is 457 g/mol. The number of nitrogens with one attached hydrogen (secondary N) is 1. The maximum absolute atomic E-state index is 12.7. The Kier molecular flexibility index (Phi) is 6.52. The first-order valence-corrected chi connectivity index (χ1v) is 11.8. The van der Waals surface area contributed by atoms with E-state index in [0.29, 0.717) is 18.8 Å². The summed E-state index contributed by atoms with van der Waals surface area (Å²) in [4.78, 5) is 28.6. The number of imidazole rings is 1. The van der Waals surface area contributed by atoms with Crippen molar-refractivity contribution in [1.82, 2.24) is 13.9 Å². The van der Waals surface area contributed by atoms with Crippen LogP contribution in [0.3, 0.4) is 0 Å². The van der Waals surface area contributed by atoms with Gasteiger partial charge in [-0.2, -0.15) is 4.31 Å². The molecule has 0 atom stereocenters. The van der Waals surface area contributed by atoms with Crippen LogP contribution in [0.1, 0.15) is 19.3 Å². The van der Waals surface area contributed by atoms with E-state index in [1.165, 1.54) is 28.6 Å². The van der Waals surface area contributed by atoms with Gasteiger partial charge in [-0.3, -0.25) is 9.59 Å². The number of esters is 1. The summed E-state index contributed by atoms with van der Waals surface area (Å²) in [6.07, 6.45) is 4.32. The van der Waals surface area contributed by atoms with Crippen molar-refractivity contribution >= 4 is 38.6 Å². The Morgan fingerprint density at radius 3 is 2.47 bits per heavy atom. The van der Waals surface area contributed by atoms with Gasteiger partial charge in [-0.1, -0.05) is 18.6 Å². The van der Waals surface area contributed by atoms with Crippen LogP contribution in [-0.2, 0) is 30.9 Å². The number of benzene rings is 2. The number of nitrogens with zero attached hydrogens (tertiary/aromatic N) is 3. The molecule has 1 amide bonds. The van der Waals surface area contributed by atoms with E-state index in [-0.39, 0.29) is 11.4 Å². The molecule has 2 heterocycles. The van der Waals surface area contributed by atoms with Gasteiger partial charge in [0.15, 0.2) is 6.61 Å². The monoisotopic (exact) mass is 456 g/mol. The first kappa shape index (κ1) is 22.0. The number of carbonyl (C=O) groups is 2. The molecule has 1 fully saturated rings. The summed E-state index contributed by atoms with van der Waals surface area (Å²) in [6, 6.07) is 13.4. The number of para-hydroxylation sites is 2. The Morgan fingerprint density at radius 1 is 1.00 bits per heavy atom. The maximum Gasteiger partial charge on any atom is 0.326 e. The van der Waals surface area contributed by atoms with E-state index in [2.05, 4.69) is 10.3 Å². The van der Waals surface area contributed by atoms with Gasteiger partial charge in [-0.25, -0.2) is 13.4 Å². The molecule has 0 bridgehead atoms. The largest absolute Gasteiger partial charge is 0.454 e. The molecule has 32 heavy (non-hydrogen) atoms. The standard InChI is InChI=1S/C22H24N4O5S/c27-21(15-31-22(28)14-25-16-23-19-6-2-3-7-20(19)25)24-17-8-10-18(11-9-17)32(29,30)26-12-4-1-5-13-26/h2-3,6-11,16H,1,4-5,12-15H2,(H,24,27). The van der Waals surface area contributed by atoms with E-state index in [0.717, 1.165) is 30.3 Å². The highest BCUT2D eigenvalue weighted by Gasteiger charge is 2.25. The van der Waals surface area contributed by atoms with Gasteiger partial charge < -0.3 is 14.6 Å². The number of rotatable bonds is 7. The molecule has 4 rings (SSSR count). The van der Waals surface area contributed by atoms with Crippen LogP contribution in [0.4, 0.5) is 5.69 Å². The summed E-state index contributed by atoms with van der Waals surface area (Å²) in [5.41, 5.74) is 1.99. The molecular formula is C22H24N4O5S. The number of anilines is 1. The fourth-order valence-electron chi connectivity index (χ4n) is 3.63. The quantitative estimate of drug-likeness (QED) is 0.547. The molecule has 1 N–H and O–H groups in total. The van der Waals surface area contributed by atoms with Gasteiger partial charge >= 0.3 is 5.97 Å². The summed E-state index contributed by atoms with van der Waals surface area (Å²) in [5.74, 6) is -1.08. The average Bonchev–Trinajstić information content (AvgIpc) is 3.21. The predicted molar refractivity (Wildman–Crippen MR) is 118 cm³/mol. The number of hydrogen-bond donors (Lipinski definition) is 1. The molecule has 168 valence electrons. The summed E-state index contributed by atoms with van der Waals surface area (Å²) in [5, 5.41) is 2.60. The highest BCUT2D eigenvalue weighted by Crippen LogP contribution is 2.22. The van der Waals surface area contributed by atoms with Gasteiger partial charge in [0.2, 0.25) is 10.0 Å². The van der Waals surface area contributed by atoms with Gasteiger partial charge in [-0.15, -0.1) is 0 Å². The van der Waals surface area contributed by atoms with E-state index in [4.69, 9.17) is 4.74 Å². The molecule has 1 aliphatic rings. The highest BCUT2D eigenvalue weighted by molar-refractivity contribution is 7.89. The van der Waals surface area contributed by atoms with Crippen LogP contribution in [0.25, 0.3) is 11.0 Å². The van der Waals surface area contributed by atoms with E-state index in [9.17, 15) is 18.0 Å². The maximum atomic E-state index is 12.7. The van der Waals surface area contributed by atoms with Gasteiger partial charge in [0.25, 0.3) is 5.91 Å². The molecule has 0 spiro atoms. The molecule has 10 heteroatoms. The van der Waals surface area contributed by atoms with Gasteiger partial charge in [0.1, 0.15) is 6.54 Å². The second-order valence-corrected chi connectivity index (χ2v) is 9.50. The minimum absolute atomic E-state index is 0.0587. The number of ether oxygens (including phenoxy) is 1. The molecule has 0 radical (unpaired) electrons. The van der Waals surface area contributed by atoms with Crippen molar-refractivity contribution in [2.24, 2.45) is 0 Å². The van der Waals surface area contributed by atoms with Gasteiger partial charge in [0, 0.05) is 18.8 Å². The predicted octanol–water partition coefficient (Wildman–Crippen LogP) is 2.39. The minimum atomic E-state index is -3.53. The summed E-state index contributed by atoms with van der Waals surface area (Å²) < 4.78 is 33.6. The third-order valence-corrected chi connectivity index (χ3v) is 7.19. The molecule has 9 nitrogen and oxygen atoms in total. The van der Waals surface area contributed by atoms with Crippen LogP contribution >= 0.6 is 0 Å².